The van der Waals surface area contributed by atoms with Crippen LogP contribution in [0.5, 0.6) is 0 Å². The average molecular weight is 327 g/mol. The number of fused-ring (bicyclic) bond motifs is 2. The highest BCUT2D eigenvalue weighted by molar-refractivity contribution is 7.99. The fraction of sp³-hybridized carbons (Fsp3) is 0.167. The first-order valence-electron chi connectivity index (χ1n) is 7.42. The van der Waals surface area contributed by atoms with Crippen LogP contribution in [0, 0.1) is 5.82 Å². The van der Waals surface area contributed by atoms with Gasteiger partial charge in [-0.25, -0.2) is 4.39 Å². The van der Waals surface area contributed by atoms with E-state index in [2.05, 4.69) is 5.32 Å². The summed E-state index contributed by atoms with van der Waals surface area (Å²) in [5.41, 5.74) is 1.52. The van der Waals surface area contributed by atoms with Gasteiger partial charge in [-0.05, 0) is 42.3 Å². The molecule has 1 amide bonds. The Bertz CT molecular complexity index is 857. The molecule has 0 saturated carbocycles. The van der Waals surface area contributed by atoms with Gasteiger partial charge in [-0.15, -0.1) is 11.8 Å². The van der Waals surface area contributed by atoms with Gasteiger partial charge >= 0.3 is 0 Å². The number of para-hydroxylation sites is 1. The summed E-state index contributed by atoms with van der Waals surface area (Å²) in [6.45, 7) is 0. The van der Waals surface area contributed by atoms with Crippen molar-refractivity contribution >= 4 is 28.6 Å². The minimum absolute atomic E-state index is 0.192. The van der Waals surface area contributed by atoms with Gasteiger partial charge in [0.15, 0.2) is 5.76 Å². The van der Waals surface area contributed by atoms with Crippen LogP contribution in [0.1, 0.15) is 28.6 Å². The Kier molecular flexibility index (Phi) is 3.58. The Morgan fingerprint density at radius 3 is 2.96 bits per heavy atom. The lowest BCUT2D eigenvalue weighted by molar-refractivity contribution is 0.0909. The molecule has 5 heteroatoms. The standard InChI is InChI=1S/C18H14FNO2S/c19-12-5-6-17-13(10-12)14(7-8-23-17)20-18(21)16-9-11-3-1-2-4-15(11)22-16/h1-6,9-10,14H,7-8H2,(H,20,21). The highest BCUT2D eigenvalue weighted by Crippen LogP contribution is 2.36. The predicted molar refractivity (Wildman–Crippen MR) is 88.2 cm³/mol. The number of carbonyl (C=O) groups is 1. The summed E-state index contributed by atoms with van der Waals surface area (Å²) in [7, 11) is 0. The van der Waals surface area contributed by atoms with Crippen molar-refractivity contribution in [3.8, 4) is 0 Å². The highest BCUT2D eigenvalue weighted by atomic mass is 32.2. The summed E-state index contributed by atoms with van der Waals surface area (Å²) in [6.07, 6.45) is 0.771. The van der Waals surface area contributed by atoms with Gasteiger partial charge in [-0.3, -0.25) is 4.79 Å². The van der Waals surface area contributed by atoms with Crippen LogP contribution in [-0.2, 0) is 0 Å². The van der Waals surface area contributed by atoms with E-state index in [1.807, 2.05) is 24.3 Å². The second-order valence-electron chi connectivity index (χ2n) is 5.49. The Hall–Kier alpha value is -2.27. The maximum atomic E-state index is 13.5. The van der Waals surface area contributed by atoms with Gasteiger partial charge in [-0.2, -0.15) is 0 Å². The number of nitrogens with one attached hydrogen (secondary N) is 1. The normalized spacial score (nSPS) is 17.0. The van der Waals surface area contributed by atoms with Crippen LogP contribution in [0.25, 0.3) is 11.0 Å². The summed E-state index contributed by atoms with van der Waals surface area (Å²) < 4.78 is 19.1. The molecule has 0 bridgehead atoms. The van der Waals surface area contributed by atoms with Crippen molar-refractivity contribution in [3.05, 3.63) is 65.7 Å². The van der Waals surface area contributed by atoms with Crippen molar-refractivity contribution in [2.75, 3.05) is 5.75 Å². The van der Waals surface area contributed by atoms with E-state index in [4.69, 9.17) is 4.42 Å². The van der Waals surface area contributed by atoms with Crippen molar-refractivity contribution < 1.29 is 13.6 Å². The quantitative estimate of drug-likeness (QED) is 0.751. The first-order valence-corrected chi connectivity index (χ1v) is 8.41. The highest BCUT2D eigenvalue weighted by Gasteiger charge is 2.24. The Labute approximate surface area is 136 Å². The van der Waals surface area contributed by atoms with E-state index in [0.717, 1.165) is 28.0 Å². The first-order chi connectivity index (χ1) is 11.2. The molecule has 1 unspecified atom stereocenters. The Morgan fingerprint density at radius 1 is 1.22 bits per heavy atom. The molecule has 116 valence electrons. The monoisotopic (exact) mass is 327 g/mol. The van der Waals surface area contributed by atoms with E-state index in [1.54, 1.807) is 23.9 Å². The van der Waals surface area contributed by atoms with Crippen molar-refractivity contribution in [2.45, 2.75) is 17.4 Å². The number of amides is 1. The fourth-order valence-electron chi connectivity index (χ4n) is 2.84. The largest absolute Gasteiger partial charge is 0.451 e. The van der Waals surface area contributed by atoms with Crippen LogP contribution in [-0.4, -0.2) is 11.7 Å². The number of hydrogen-bond donors (Lipinski definition) is 1. The molecule has 0 aliphatic carbocycles. The lowest BCUT2D eigenvalue weighted by Crippen LogP contribution is -2.30. The van der Waals surface area contributed by atoms with Crippen molar-refractivity contribution in [1.82, 2.24) is 5.32 Å². The second-order valence-corrected chi connectivity index (χ2v) is 6.63. The van der Waals surface area contributed by atoms with Crippen LogP contribution in [0.15, 0.2) is 57.8 Å². The number of furan rings is 1. The van der Waals surface area contributed by atoms with Crippen LogP contribution in [0.2, 0.25) is 0 Å². The molecule has 23 heavy (non-hydrogen) atoms. The molecule has 3 aromatic rings. The molecule has 1 N–H and O–H groups in total. The molecule has 1 atom stereocenters. The maximum Gasteiger partial charge on any atom is 0.287 e. The SMILES string of the molecule is O=C(NC1CCSc2ccc(F)cc21)c1cc2ccccc2o1. The number of rotatable bonds is 2. The third kappa shape index (κ3) is 2.72. The third-order valence-corrected chi connectivity index (χ3v) is 5.09. The van der Waals surface area contributed by atoms with E-state index < -0.39 is 0 Å². The fourth-order valence-corrected chi connectivity index (χ4v) is 3.94. The van der Waals surface area contributed by atoms with Crippen molar-refractivity contribution in [3.63, 3.8) is 0 Å². The number of thioether (sulfide) groups is 1. The van der Waals surface area contributed by atoms with Gasteiger partial charge in [0.1, 0.15) is 11.4 Å². The molecular formula is C18H14FNO2S. The second kappa shape index (κ2) is 5.74. The van der Waals surface area contributed by atoms with E-state index in [9.17, 15) is 9.18 Å². The third-order valence-electron chi connectivity index (χ3n) is 3.97. The molecule has 0 spiro atoms. The first kappa shape index (κ1) is 14.3. The molecule has 0 fully saturated rings. The molecule has 2 aromatic carbocycles. The number of carbonyl (C=O) groups excluding carboxylic acids is 1. The maximum absolute atomic E-state index is 13.5. The van der Waals surface area contributed by atoms with Crippen molar-refractivity contribution in [2.24, 2.45) is 0 Å². The molecule has 4 rings (SSSR count). The van der Waals surface area contributed by atoms with E-state index in [-0.39, 0.29) is 23.5 Å². The zero-order valence-corrected chi connectivity index (χ0v) is 13.0. The van der Waals surface area contributed by atoms with E-state index in [1.165, 1.54) is 12.1 Å². The van der Waals surface area contributed by atoms with Crippen LogP contribution in [0.4, 0.5) is 4.39 Å². The minimum atomic E-state index is -0.283. The van der Waals surface area contributed by atoms with Gasteiger partial charge in [0, 0.05) is 16.0 Å². The smallest absolute Gasteiger partial charge is 0.287 e. The zero-order chi connectivity index (χ0) is 15.8. The average Bonchev–Trinajstić information content (AvgIpc) is 2.99. The molecule has 0 saturated heterocycles. The topological polar surface area (TPSA) is 42.2 Å². The minimum Gasteiger partial charge on any atom is -0.451 e. The summed E-state index contributed by atoms with van der Waals surface area (Å²) in [6, 6.07) is 13.8. The summed E-state index contributed by atoms with van der Waals surface area (Å²) in [5.74, 6) is 0.619. The molecular weight excluding hydrogens is 313 g/mol. The van der Waals surface area contributed by atoms with Crippen LogP contribution in [0.3, 0.4) is 0 Å². The molecule has 2 heterocycles. The van der Waals surface area contributed by atoms with Gasteiger partial charge in [0.2, 0.25) is 0 Å². The molecule has 0 radical (unpaired) electrons. The van der Waals surface area contributed by atoms with Crippen LogP contribution >= 0.6 is 11.8 Å². The Morgan fingerprint density at radius 2 is 2.09 bits per heavy atom. The summed E-state index contributed by atoms with van der Waals surface area (Å²) in [4.78, 5) is 13.5. The summed E-state index contributed by atoms with van der Waals surface area (Å²) >= 11 is 1.69. The van der Waals surface area contributed by atoms with Gasteiger partial charge in [0.25, 0.3) is 5.91 Å². The van der Waals surface area contributed by atoms with E-state index >= 15 is 0 Å². The van der Waals surface area contributed by atoms with Gasteiger partial charge < -0.3 is 9.73 Å². The number of halogens is 1. The number of benzene rings is 2. The lowest BCUT2D eigenvalue weighted by Gasteiger charge is -2.25. The molecule has 3 nitrogen and oxygen atoms in total. The van der Waals surface area contributed by atoms with Gasteiger partial charge in [0.05, 0.1) is 6.04 Å². The lowest BCUT2D eigenvalue weighted by atomic mass is 10.0. The summed E-state index contributed by atoms with van der Waals surface area (Å²) in [5, 5.41) is 3.86. The predicted octanol–water partition coefficient (Wildman–Crippen LogP) is 4.54. The van der Waals surface area contributed by atoms with E-state index in [0.29, 0.717) is 5.58 Å². The molecule has 1 aliphatic heterocycles. The van der Waals surface area contributed by atoms with Gasteiger partial charge in [-0.1, -0.05) is 18.2 Å². The molecule has 1 aromatic heterocycles. The molecule has 1 aliphatic rings. The number of hydrogen-bond acceptors (Lipinski definition) is 3. The zero-order valence-electron chi connectivity index (χ0n) is 12.2. The van der Waals surface area contributed by atoms with Crippen molar-refractivity contribution in [1.29, 1.82) is 0 Å². The Balaban J connectivity index is 1.61. The van der Waals surface area contributed by atoms with Crippen LogP contribution < -0.4 is 5.32 Å².